The molecular weight excluding hydrogens is 458 g/mol. The third-order valence-electron chi connectivity index (χ3n) is 6.12. The second-order valence-electron chi connectivity index (χ2n) is 8.56. The van der Waals surface area contributed by atoms with Crippen molar-refractivity contribution in [1.82, 2.24) is 19.2 Å². The van der Waals surface area contributed by atoms with Crippen molar-refractivity contribution >= 4 is 38.7 Å². The van der Waals surface area contributed by atoms with Crippen LogP contribution < -0.4 is 5.32 Å². The second kappa shape index (κ2) is 10.5. The van der Waals surface area contributed by atoms with Gasteiger partial charge in [0.05, 0.1) is 27.8 Å². The Bertz CT molecular complexity index is 1150. The summed E-state index contributed by atoms with van der Waals surface area (Å²) in [4.78, 5) is 17.5. The number of carbonyl (C=O) groups is 1. The minimum Gasteiger partial charge on any atom is -0.337 e. The first-order valence-electron chi connectivity index (χ1n) is 11.6. The van der Waals surface area contributed by atoms with Gasteiger partial charge in [0.15, 0.2) is 5.16 Å². The van der Waals surface area contributed by atoms with E-state index >= 15 is 0 Å². The zero-order valence-electron chi connectivity index (χ0n) is 19.8. The Kier molecular flexibility index (Phi) is 8.08. The van der Waals surface area contributed by atoms with Crippen molar-refractivity contribution < 1.29 is 13.2 Å². The normalized spacial score (nSPS) is 16.0. The molecular formula is C23H33N5O3S2. The molecule has 180 valence electrons. The van der Waals surface area contributed by atoms with Crippen LogP contribution in [0.1, 0.15) is 53.4 Å². The molecule has 1 aromatic carbocycles. The summed E-state index contributed by atoms with van der Waals surface area (Å²) < 4.78 is 29.4. The third kappa shape index (κ3) is 5.53. The molecule has 33 heavy (non-hydrogen) atoms. The quantitative estimate of drug-likeness (QED) is 0.453. The molecule has 8 nitrogen and oxygen atoms in total. The van der Waals surface area contributed by atoms with E-state index in [0.29, 0.717) is 23.8 Å². The van der Waals surface area contributed by atoms with E-state index in [1.807, 2.05) is 13.8 Å². The maximum absolute atomic E-state index is 12.9. The molecule has 10 heteroatoms. The zero-order chi connectivity index (χ0) is 24.2. The van der Waals surface area contributed by atoms with E-state index in [0.717, 1.165) is 37.7 Å². The van der Waals surface area contributed by atoms with Crippen molar-refractivity contribution in [1.29, 1.82) is 5.26 Å². The van der Waals surface area contributed by atoms with E-state index in [-0.39, 0.29) is 22.5 Å². The number of imidazole rings is 1. The molecule has 0 spiro atoms. The summed E-state index contributed by atoms with van der Waals surface area (Å²) in [5.74, 6) is 0.163. The summed E-state index contributed by atoms with van der Waals surface area (Å²) in [6.07, 6.45) is 3.87. The van der Waals surface area contributed by atoms with Gasteiger partial charge in [0.25, 0.3) is 0 Å². The van der Waals surface area contributed by atoms with Gasteiger partial charge in [-0.2, -0.15) is 9.57 Å². The Labute approximate surface area is 200 Å². The number of rotatable bonds is 12. The molecule has 0 radical (unpaired) electrons. The molecule has 1 unspecified atom stereocenters. The van der Waals surface area contributed by atoms with Crippen LogP contribution in [-0.2, 0) is 21.4 Å². The van der Waals surface area contributed by atoms with E-state index in [1.165, 1.54) is 16.1 Å². The smallest absolute Gasteiger partial charge is 0.243 e. The summed E-state index contributed by atoms with van der Waals surface area (Å²) >= 11 is 1.31. The molecule has 1 aliphatic carbocycles. The molecule has 1 atom stereocenters. The Morgan fingerprint density at radius 2 is 2.03 bits per heavy atom. The fourth-order valence-electron chi connectivity index (χ4n) is 3.94. The number of benzene rings is 1. The van der Waals surface area contributed by atoms with E-state index in [4.69, 9.17) is 0 Å². The molecule has 0 bridgehead atoms. The third-order valence-corrected chi connectivity index (χ3v) is 9.14. The van der Waals surface area contributed by atoms with Crippen LogP contribution >= 0.6 is 11.8 Å². The van der Waals surface area contributed by atoms with Gasteiger partial charge in [0.1, 0.15) is 5.54 Å². The minimum absolute atomic E-state index is 0.143. The highest BCUT2D eigenvalue weighted by Crippen LogP contribution is 2.39. The maximum atomic E-state index is 12.9. The summed E-state index contributed by atoms with van der Waals surface area (Å²) in [7, 11) is -3.58. The van der Waals surface area contributed by atoms with Crippen LogP contribution in [0.5, 0.6) is 0 Å². The first kappa shape index (κ1) is 25.5. The number of amides is 1. The molecule has 2 aromatic rings. The van der Waals surface area contributed by atoms with Gasteiger partial charge in [-0.05, 0) is 50.3 Å². The number of fused-ring (bicyclic) bond motifs is 1. The Balaban J connectivity index is 1.86. The van der Waals surface area contributed by atoms with Crippen LogP contribution in [0.4, 0.5) is 0 Å². The van der Waals surface area contributed by atoms with E-state index in [1.54, 1.807) is 25.1 Å². The van der Waals surface area contributed by atoms with Crippen LogP contribution in [0, 0.1) is 17.2 Å². The number of nitrogens with zero attached hydrogens (tertiary/aromatic N) is 4. The van der Waals surface area contributed by atoms with Crippen LogP contribution in [0.25, 0.3) is 11.0 Å². The highest BCUT2D eigenvalue weighted by Gasteiger charge is 2.43. The lowest BCUT2D eigenvalue weighted by Crippen LogP contribution is -2.47. The first-order valence-corrected chi connectivity index (χ1v) is 14.0. The van der Waals surface area contributed by atoms with Crippen molar-refractivity contribution in [3.8, 4) is 6.07 Å². The van der Waals surface area contributed by atoms with Crippen LogP contribution in [0.15, 0.2) is 28.3 Å². The first-order chi connectivity index (χ1) is 15.7. The summed E-state index contributed by atoms with van der Waals surface area (Å²) in [6.45, 7) is 9.06. The maximum Gasteiger partial charge on any atom is 0.243 e. The molecule has 1 aliphatic rings. The molecule has 1 aromatic heterocycles. The fraction of sp³-hybridized carbons (Fsp3) is 0.609. The number of aryl methyl sites for hydroxylation is 1. The second-order valence-corrected chi connectivity index (χ2v) is 11.4. The van der Waals surface area contributed by atoms with Crippen molar-refractivity contribution in [3.05, 3.63) is 18.2 Å². The molecule has 0 saturated heterocycles. The van der Waals surface area contributed by atoms with Gasteiger partial charge in [0, 0.05) is 19.6 Å². The minimum atomic E-state index is -3.58. The lowest BCUT2D eigenvalue weighted by Gasteiger charge is -2.22. The molecule has 1 N–H and O–H groups in total. The van der Waals surface area contributed by atoms with Gasteiger partial charge in [-0.3, -0.25) is 4.79 Å². The van der Waals surface area contributed by atoms with Gasteiger partial charge in [-0.1, -0.05) is 39.0 Å². The topological polar surface area (TPSA) is 108 Å². The van der Waals surface area contributed by atoms with Gasteiger partial charge < -0.3 is 9.88 Å². The van der Waals surface area contributed by atoms with Gasteiger partial charge >= 0.3 is 0 Å². The highest BCUT2D eigenvalue weighted by atomic mass is 32.2. The fourth-order valence-corrected chi connectivity index (χ4v) is 6.26. The molecule has 1 heterocycles. The van der Waals surface area contributed by atoms with Crippen LogP contribution in [0.3, 0.4) is 0 Å². The molecule has 0 aliphatic heterocycles. The molecule has 1 saturated carbocycles. The van der Waals surface area contributed by atoms with E-state index < -0.39 is 15.6 Å². The number of hydrogen-bond donors (Lipinski definition) is 1. The number of carbonyl (C=O) groups excluding carboxylic acids is 1. The van der Waals surface area contributed by atoms with Crippen molar-refractivity contribution in [2.24, 2.45) is 5.92 Å². The number of sulfonamides is 1. The number of hydrogen-bond acceptors (Lipinski definition) is 6. The predicted octanol–water partition coefficient (Wildman–Crippen LogP) is 3.77. The predicted molar refractivity (Wildman–Crippen MR) is 130 cm³/mol. The number of thioether (sulfide) groups is 1. The lowest BCUT2D eigenvalue weighted by atomic mass is 9.98. The Morgan fingerprint density at radius 3 is 2.61 bits per heavy atom. The average molecular weight is 492 g/mol. The zero-order valence-corrected chi connectivity index (χ0v) is 21.4. The number of nitrogens with one attached hydrogen (secondary N) is 1. The van der Waals surface area contributed by atoms with E-state index in [9.17, 15) is 18.5 Å². The Hall–Kier alpha value is -2.09. The van der Waals surface area contributed by atoms with Crippen molar-refractivity contribution in [2.75, 3.05) is 18.8 Å². The molecule has 3 rings (SSSR count). The van der Waals surface area contributed by atoms with Crippen molar-refractivity contribution in [3.63, 3.8) is 0 Å². The van der Waals surface area contributed by atoms with Gasteiger partial charge in [-0.25, -0.2) is 13.4 Å². The molecule has 1 fully saturated rings. The van der Waals surface area contributed by atoms with E-state index in [2.05, 4.69) is 27.9 Å². The SMILES string of the molecule is CCCCn1c(SCC(=O)NC(C)(C#N)C2CC2)nc2cc(S(=O)(=O)N(CC)CC)ccc21. The van der Waals surface area contributed by atoms with Crippen LogP contribution in [-0.4, -0.2) is 52.6 Å². The standard InChI is InChI=1S/C23H33N5O3S2/c1-5-8-13-28-20-12-11-18(33(30,31)27(6-2)7-3)14-19(20)25-22(28)32-15-21(29)26-23(4,16-24)17-9-10-17/h11-12,14,17H,5-10,13,15H2,1-4H3,(H,26,29). The summed E-state index contributed by atoms with van der Waals surface area (Å²) in [5, 5.41) is 13.1. The largest absolute Gasteiger partial charge is 0.337 e. The lowest BCUT2D eigenvalue weighted by molar-refractivity contribution is -0.119. The monoisotopic (exact) mass is 491 g/mol. The number of nitriles is 1. The van der Waals surface area contributed by atoms with Crippen molar-refractivity contribution in [2.45, 2.75) is 75.5 Å². The summed E-state index contributed by atoms with van der Waals surface area (Å²) in [6, 6.07) is 7.30. The summed E-state index contributed by atoms with van der Waals surface area (Å²) in [5.41, 5.74) is 0.625. The molecule has 1 amide bonds. The van der Waals surface area contributed by atoms with Crippen LogP contribution in [0.2, 0.25) is 0 Å². The average Bonchev–Trinajstić information content (AvgIpc) is 3.59. The van der Waals surface area contributed by atoms with Gasteiger partial charge in [0.2, 0.25) is 15.9 Å². The number of aromatic nitrogens is 2. The van der Waals surface area contributed by atoms with Gasteiger partial charge in [-0.15, -0.1) is 0 Å². The highest BCUT2D eigenvalue weighted by molar-refractivity contribution is 7.99. The number of unbranched alkanes of at least 4 members (excludes halogenated alkanes) is 1. The Morgan fingerprint density at radius 1 is 1.33 bits per heavy atom.